The molecule has 0 saturated heterocycles. The van der Waals surface area contributed by atoms with Crippen LogP contribution in [0.5, 0.6) is 0 Å². The van der Waals surface area contributed by atoms with Gasteiger partial charge in [0.2, 0.25) is 0 Å². The molecule has 0 rings (SSSR count). The topological polar surface area (TPSA) is 78.9 Å². The van der Waals surface area contributed by atoms with Crippen molar-refractivity contribution in [2.24, 2.45) is 0 Å². The van der Waals surface area contributed by atoms with Crippen molar-refractivity contribution in [3.05, 3.63) is 48.6 Å². The summed E-state index contributed by atoms with van der Waals surface area (Å²) in [6, 6.07) is 0. The van der Waals surface area contributed by atoms with Crippen LogP contribution < -0.4 is 0 Å². The molecule has 6 nitrogen and oxygen atoms in total. The van der Waals surface area contributed by atoms with Gasteiger partial charge in [0.05, 0.1) is 0 Å². The highest BCUT2D eigenvalue weighted by Gasteiger charge is 2.19. The number of carbonyl (C=O) groups excluding carboxylic acids is 3. The van der Waals surface area contributed by atoms with Crippen LogP contribution in [0.25, 0.3) is 0 Å². The lowest BCUT2D eigenvalue weighted by atomic mass is 10.0. The van der Waals surface area contributed by atoms with Gasteiger partial charge in [0.25, 0.3) is 0 Å². The predicted molar refractivity (Wildman–Crippen MR) is 298 cm³/mol. The van der Waals surface area contributed by atoms with E-state index in [1.807, 2.05) is 0 Å². The molecular weight excluding hydrogens is 853 g/mol. The van der Waals surface area contributed by atoms with Crippen LogP contribution in [0, 0.1) is 0 Å². The SMILES string of the molecule is CCCCCCC\C=C/C=C\C=C/CCCCCCCC(=O)OC(COC(=O)CCCCC/C=C\CCCCCCCCC)COC(=O)CCCCCCCCCCCCCCCCCCCCC. The summed E-state index contributed by atoms with van der Waals surface area (Å²) in [5.74, 6) is -0.902. The maximum absolute atomic E-state index is 12.9. The second-order valence-electron chi connectivity index (χ2n) is 20.3. The summed E-state index contributed by atoms with van der Waals surface area (Å²) in [5, 5.41) is 0. The van der Waals surface area contributed by atoms with Crippen molar-refractivity contribution in [3.8, 4) is 0 Å². The second kappa shape index (κ2) is 57.9. The molecule has 0 N–H and O–H groups in total. The number of ether oxygens (including phenoxy) is 3. The van der Waals surface area contributed by atoms with Crippen molar-refractivity contribution in [3.63, 3.8) is 0 Å². The Bertz CT molecular complexity index is 1200. The van der Waals surface area contributed by atoms with Gasteiger partial charge in [-0.1, -0.05) is 275 Å². The molecule has 0 heterocycles. The van der Waals surface area contributed by atoms with Crippen LogP contribution in [-0.2, 0) is 28.6 Å². The first-order valence-electron chi connectivity index (χ1n) is 30.2. The van der Waals surface area contributed by atoms with Crippen molar-refractivity contribution >= 4 is 17.9 Å². The Balaban J connectivity index is 4.38. The minimum atomic E-state index is -0.788. The van der Waals surface area contributed by atoms with Crippen molar-refractivity contribution < 1.29 is 28.6 Å². The lowest BCUT2D eigenvalue weighted by Gasteiger charge is -2.18. The summed E-state index contributed by atoms with van der Waals surface area (Å²) in [4.78, 5) is 38.2. The molecule has 402 valence electrons. The normalized spacial score (nSPS) is 12.3. The molecule has 0 aromatic carbocycles. The van der Waals surface area contributed by atoms with E-state index in [2.05, 4.69) is 69.4 Å². The van der Waals surface area contributed by atoms with Crippen molar-refractivity contribution in [2.75, 3.05) is 13.2 Å². The maximum atomic E-state index is 12.9. The molecule has 69 heavy (non-hydrogen) atoms. The van der Waals surface area contributed by atoms with E-state index in [9.17, 15) is 14.4 Å². The molecule has 0 radical (unpaired) electrons. The van der Waals surface area contributed by atoms with E-state index in [0.29, 0.717) is 19.3 Å². The van der Waals surface area contributed by atoms with Gasteiger partial charge in [-0.25, -0.2) is 0 Å². The van der Waals surface area contributed by atoms with E-state index >= 15 is 0 Å². The number of carbonyl (C=O) groups is 3. The smallest absolute Gasteiger partial charge is 0.306 e. The lowest BCUT2D eigenvalue weighted by Crippen LogP contribution is -2.30. The number of hydrogen-bond donors (Lipinski definition) is 0. The summed E-state index contributed by atoms with van der Waals surface area (Å²) < 4.78 is 16.9. The van der Waals surface area contributed by atoms with Gasteiger partial charge in [0, 0.05) is 19.3 Å². The summed E-state index contributed by atoms with van der Waals surface area (Å²) >= 11 is 0. The minimum absolute atomic E-state index is 0.0830. The zero-order chi connectivity index (χ0) is 50.0. The quantitative estimate of drug-likeness (QED) is 0.0199. The standard InChI is InChI=1S/C63H114O6/c1-4-7-10-13-16-19-22-25-28-30-32-34-35-38-41-44-47-50-53-56-62(65)68-59-60(58-67-61(64)55-52-49-46-43-40-37-27-24-21-18-15-12-9-6-3)69-63(66)57-54-51-48-45-42-39-36-33-31-29-26-23-20-17-14-11-8-5-2/h23,26,29,31,33,36-37,40,60H,4-22,24-25,27-28,30,32,34-35,38-39,41-59H2,1-3H3/b26-23-,31-29-,36-33-,40-37-. The highest BCUT2D eigenvalue weighted by atomic mass is 16.6. The van der Waals surface area contributed by atoms with Crippen molar-refractivity contribution in [1.29, 1.82) is 0 Å². The maximum Gasteiger partial charge on any atom is 0.306 e. The number of allylic oxidation sites excluding steroid dienone is 8. The average molecular weight is 968 g/mol. The molecule has 0 aliphatic rings. The van der Waals surface area contributed by atoms with E-state index < -0.39 is 6.10 Å². The fourth-order valence-electron chi connectivity index (χ4n) is 8.79. The molecule has 6 heteroatoms. The molecular formula is C63H114O6. The Morgan fingerprint density at radius 2 is 0.536 bits per heavy atom. The molecule has 0 spiro atoms. The summed E-state index contributed by atoms with van der Waals surface area (Å²) in [5.41, 5.74) is 0. The lowest BCUT2D eigenvalue weighted by molar-refractivity contribution is -0.167. The van der Waals surface area contributed by atoms with Gasteiger partial charge in [0.15, 0.2) is 6.10 Å². The number of hydrogen-bond acceptors (Lipinski definition) is 6. The highest BCUT2D eigenvalue weighted by molar-refractivity contribution is 5.71. The molecule has 0 aromatic heterocycles. The van der Waals surface area contributed by atoms with Crippen LogP contribution >= 0.6 is 0 Å². The summed E-state index contributed by atoms with van der Waals surface area (Å²) in [7, 11) is 0. The van der Waals surface area contributed by atoms with Gasteiger partial charge < -0.3 is 14.2 Å². The molecule has 1 unspecified atom stereocenters. The Morgan fingerprint density at radius 1 is 0.290 bits per heavy atom. The Labute approximate surface area is 428 Å². The fourth-order valence-corrected chi connectivity index (χ4v) is 8.79. The van der Waals surface area contributed by atoms with Crippen LogP contribution in [0.15, 0.2) is 48.6 Å². The summed E-state index contributed by atoms with van der Waals surface area (Å²) in [6.07, 6.45) is 71.0. The van der Waals surface area contributed by atoms with E-state index in [0.717, 1.165) is 89.9 Å². The molecule has 1 atom stereocenters. The van der Waals surface area contributed by atoms with E-state index in [1.165, 1.54) is 186 Å². The fraction of sp³-hybridized carbons (Fsp3) is 0.825. The molecule has 0 aromatic rings. The first-order valence-corrected chi connectivity index (χ1v) is 30.2. The second-order valence-corrected chi connectivity index (χ2v) is 20.3. The first-order chi connectivity index (χ1) is 34.0. The Morgan fingerprint density at radius 3 is 0.855 bits per heavy atom. The van der Waals surface area contributed by atoms with Gasteiger partial charge in [-0.05, 0) is 70.6 Å². The van der Waals surface area contributed by atoms with Gasteiger partial charge in [0.1, 0.15) is 13.2 Å². The van der Waals surface area contributed by atoms with Gasteiger partial charge in [-0.2, -0.15) is 0 Å². The third-order valence-corrected chi connectivity index (χ3v) is 13.4. The van der Waals surface area contributed by atoms with E-state index in [4.69, 9.17) is 14.2 Å². The Hall–Kier alpha value is -2.63. The third-order valence-electron chi connectivity index (χ3n) is 13.4. The molecule has 0 aliphatic carbocycles. The zero-order valence-corrected chi connectivity index (χ0v) is 46.1. The van der Waals surface area contributed by atoms with Gasteiger partial charge in [-0.15, -0.1) is 0 Å². The number of rotatable bonds is 55. The van der Waals surface area contributed by atoms with Crippen LogP contribution in [0.4, 0.5) is 0 Å². The molecule has 0 bridgehead atoms. The average Bonchev–Trinajstić information content (AvgIpc) is 3.35. The van der Waals surface area contributed by atoms with Crippen molar-refractivity contribution in [2.45, 2.75) is 322 Å². The van der Waals surface area contributed by atoms with Gasteiger partial charge >= 0.3 is 17.9 Å². The highest BCUT2D eigenvalue weighted by Crippen LogP contribution is 2.17. The van der Waals surface area contributed by atoms with E-state index in [-0.39, 0.29) is 31.1 Å². The van der Waals surface area contributed by atoms with Crippen LogP contribution in [0.3, 0.4) is 0 Å². The molecule has 0 fully saturated rings. The van der Waals surface area contributed by atoms with Crippen LogP contribution in [-0.4, -0.2) is 37.2 Å². The Kier molecular flexibility index (Phi) is 55.7. The van der Waals surface area contributed by atoms with Gasteiger partial charge in [-0.3, -0.25) is 14.4 Å². The van der Waals surface area contributed by atoms with Crippen LogP contribution in [0.1, 0.15) is 316 Å². The third kappa shape index (κ3) is 56.2. The molecule has 0 aliphatic heterocycles. The van der Waals surface area contributed by atoms with E-state index in [1.54, 1.807) is 0 Å². The van der Waals surface area contributed by atoms with Crippen LogP contribution in [0.2, 0.25) is 0 Å². The zero-order valence-electron chi connectivity index (χ0n) is 46.1. The summed E-state index contributed by atoms with van der Waals surface area (Å²) in [6.45, 7) is 6.63. The molecule has 0 saturated carbocycles. The molecule has 0 amide bonds. The monoisotopic (exact) mass is 967 g/mol. The predicted octanol–water partition coefficient (Wildman–Crippen LogP) is 20.2. The largest absolute Gasteiger partial charge is 0.462 e. The number of esters is 3. The van der Waals surface area contributed by atoms with Crippen molar-refractivity contribution in [1.82, 2.24) is 0 Å². The minimum Gasteiger partial charge on any atom is -0.462 e. The first kappa shape index (κ1) is 66.4. The number of unbranched alkanes of at least 4 members (excludes halogenated alkanes) is 38.